The third kappa shape index (κ3) is 4.23. The topological polar surface area (TPSA) is 59.0 Å². The molecule has 0 spiro atoms. The Morgan fingerprint density at radius 3 is 3.00 bits per heavy atom. The number of aromatic nitrogens is 2. The number of amides is 1. The summed E-state index contributed by atoms with van der Waals surface area (Å²) < 4.78 is 1.92. The number of hydrogen-bond donors (Lipinski definition) is 2. The zero-order chi connectivity index (χ0) is 14.7. The summed E-state index contributed by atoms with van der Waals surface area (Å²) in [5.74, 6) is 1.28. The first-order valence-corrected chi connectivity index (χ1v) is 8.23. The van der Waals surface area contributed by atoms with Gasteiger partial charge in [0.15, 0.2) is 0 Å². The molecule has 0 aromatic carbocycles. The average molecular weight is 327 g/mol. The second kappa shape index (κ2) is 7.97. The SMILES string of the molecule is CC(CNC(=O)C1CC2CCCCC2N1)Cn1cccn1.Cl. The predicted molar refractivity (Wildman–Crippen MR) is 88.9 cm³/mol. The molecule has 22 heavy (non-hydrogen) atoms. The number of nitrogens with zero attached hydrogens (tertiary/aromatic N) is 2. The summed E-state index contributed by atoms with van der Waals surface area (Å²) in [6, 6.07) is 2.53. The number of carbonyl (C=O) groups excluding carboxylic acids is 1. The van der Waals surface area contributed by atoms with E-state index in [-0.39, 0.29) is 24.4 Å². The van der Waals surface area contributed by atoms with Gasteiger partial charge in [0.05, 0.1) is 6.04 Å². The lowest BCUT2D eigenvalue weighted by atomic mass is 9.85. The van der Waals surface area contributed by atoms with Crippen molar-refractivity contribution in [2.75, 3.05) is 6.54 Å². The van der Waals surface area contributed by atoms with Crippen LogP contribution < -0.4 is 10.6 Å². The molecule has 1 aliphatic heterocycles. The number of nitrogens with one attached hydrogen (secondary N) is 2. The van der Waals surface area contributed by atoms with Crippen LogP contribution in [0.25, 0.3) is 0 Å². The molecular weight excluding hydrogens is 300 g/mol. The van der Waals surface area contributed by atoms with Crippen molar-refractivity contribution >= 4 is 18.3 Å². The fourth-order valence-corrected chi connectivity index (χ4v) is 3.71. The van der Waals surface area contributed by atoms with Gasteiger partial charge < -0.3 is 10.6 Å². The minimum absolute atomic E-state index is 0. The van der Waals surface area contributed by atoms with E-state index >= 15 is 0 Å². The molecular formula is C16H27ClN4O. The lowest BCUT2D eigenvalue weighted by Crippen LogP contribution is -2.44. The molecule has 1 saturated carbocycles. The van der Waals surface area contributed by atoms with Gasteiger partial charge in [0.1, 0.15) is 0 Å². The fourth-order valence-electron chi connectivity index (χ4n) is 3.71. The van der Waals surface area contributed by atoms with Crippen LogP contribution in [0.3, 0.4) is 0 Å². The molecule has 1 saturated heterocycles. The maximum absolute atomic E-state index is 12.3. The molecule has 4 atom stereocenters. The van der Waals surface area contributed by atoms with Crippen LogP contribution >= 0.6 is 12.4 Å². The van der Waals surface area contributed by atoms with Crippen molar-refractivity contribution in [3.8, 4) is 0 Å². The van der Waals surface area contributed by atoms with Crippen LogP contribution in [0.1, 0.15) is 39.0 Å². The Bertz CT molecular complexity index is 451. The molecule has 1 aromatic rings. The molecule has 2 fully saturated rings. The molecule has 2 aliphatic rings. The minimum Gasteiger partial charge on any atom is -0.354 e. The molecule has 3 rings (SSSR count). The Morgan fingerprint density at radius 2 is 2.27 bits per heavy atom. The molecule has 4 unspecified atom stereocenters. The number of halogens is 1. The monoisotopic (exact) mass is 326 g/mol. The zero-order valence-corrected chi connectivity index (χ0v) is 14.0. The average Bonchev–Trinajstić information content (AvgIpc) is 3.13. The van der Waals surface area contributed by atoms with Crippen LogP contribution in [0.2, 0.25) is 0 Å². The molecule has 124 valence electrons. The molecule has 1 aromatic heterocycles. The normalized spacial score (nSPS) is 28.5. The molecule has 2 heterocycles. The van der Waals surface area contributed by atoms with E-state index in [0.717, 1.165) is 18.9 Å². The highest BCUT2D eigenvalue weighted by molar-refractivity contribution is 5.85. The Labute approximate surface area is 138 Å². The van der Waals surface area contributed by atoms with Gasteiger partial charge in [-0.1, -0.05) is 19.8 Å². The van der Waals surface area contributed by atoms with Gasteiger partial charge in [-0.05, 0) is 37.2 Å². The van der Waals surface area contributed by atoms with Gasteiger partial charge in [0.2, 0.25) is 5.91 Å². The van der Waals surface area contributed by atoms with Crippen LogP contribution in [0.15, 0.2) is 18.5 Å². The summed E-state index contributed by atoms with van der Waals surface area (Å²) in [6.07, 6.45) is 9.93. The third-order valence-corrected chi connectivity index (χ3v) is 4.86. The van der Waals surface area contributed by atoms with E-state index < -0.39 is 0 Å². The van der Waals surface area contributed by atoms with Crippen molar-refractivity contribution in [2.24, 2.45) is 11.8 Å². The van der Waals surface area contributed by atoms with Gasteiger partial charge in [-0.15, -0.1) is 12.4 Å². The predicted octanol–water partition coefficient (Wildman–Crippen LogP) is 1.98. The van der Waals surface area contributed by atoms with Gasteiger partial charge in [0, 0.05) is 31.5 Å². The zero-order valence-electron chi connectivity index (χ0n) is 13.2. The van der Waals surface area contributed by atoms with Crippen molar-refractivity contribution in [2.45, 2.75) is 57.7 Å². The molecule has 1 aliphatic carbocycles. The number of carbonyl (C=O) groups is 1. The van der Waals surface area contributed by atoms with Crippen LogP contribution in [-0.2, 0) is 11.3 Å². The maximum atomic E-state index is 12.3. The van der Waals surface area contributed by atoms with Crippen molar-refractivity contribution in [3.05, 3.63) is 18.5 Å². The van der Waals surface area contributed by atoms with E-state index in [1.807, 2.05) is 16.9 Å². The summed E-state index contributed by atoms with van der Waals surface area (Å²) >= 11 is 0. The van der Waals surface area contributed by atoms with Crippen LogP contribution in [0, 0.1) is 11.8 Å². The standard InChI is InChI=1S/C16H26N4O.ClH/c1-12(11-20-8-4-7-18-20)10-17-16(21)15-9-13-5-2-3-6-14(13)19-15;/h4,7-8,12-15,19H,2-3,5-6,9-11H2,1H3,(H,17,21);1H. The first-order valence-electron chi connectivity index (χ1n) is 8.23. The number of hydrogen-bond acceptors (Lipinski definition) is 3. The largest absolute Gasteiger partial charge is 0.354 e. The number of rotatable bonds is 5. The van der Waals surface area contributed by atoms with E-state index in [1.165, 1.54) is 25.7 Å². The Morgan fingerprint density at radius 1 is 1.45 bits per heavy atom. The van der Waals surface area contributed by atoms with Crippen LogP contribution in [0.5, 0.6) is 0 Å². The quantitative estimate of drug-likeness (QED) is 0.870. The summed E-state index contributed by atoms with van der Waals surface area (Å²) in [5, 5.41) is 10.8. The molecule has 5 nitrogen and oxygen atoms in total. The second-order valence-electron chi connectivity index (χ2n) is 6.68. The maximum Gasteiger partial charge on any atom is 0.237 e. The van der Waals surface area contributed by atoms with Gasteiger partial charge in [-0.25, -0.2) is 0 Å². The lowest BCUT2D eigenvalue weighted by Gasteiger charge is -2.24. The highest BCUT2D eigenvalue weighted by Gasteiger charge is 2.38. The minimum atomic E-state index is 0. The second-order valence-corrected chi connectivity index (χ2v) is 6.68. The van der Waals surface area contributed by atoms with Gasteiger partial charge in [0.25, 0.3) is 0 Å². The van der Waals surface area contributed by atoms with E-state index in [4.69, 9.17) is 0 Å². The first kappa shape index (κ1) is 17.3. The van der Waals surface area contributed by atoms with Crippen molar-refractivity contribution < 1.29 is 4.79 Å². The number of fused-ring (bicyclic) bond motifs is 1. The summed E-state index contributed by atoms with van der Waals surface area (Å²) in [6.45, 7) is 3.70. The fraction of sp³-hybridized carbons (Fsp3) is 0.750. The van der Waals surface area contributed by atoms with Gasteiger partial charge >= 0.3 is 0 Å². The lowest BCUT2D eigenvalue weighted by molar-refractivity contribution is -0.123. The van der Waals surface area contributed by atoms with Crippen LogP contribution in [-0.4, -0.2) is 34.3 Å². The van der Waals surface area contributed by atoms with E-state index in [1.54, 1.807) is 6.20 Å². The van der Waals surface area contributed by atoms with Gasteiger partial charge in [-0.2, -0.15) is 5.10 Å². The molecule has 2 N–H and O–H groups in total. The van der Waals surface area contributed by atoms with Crippen molar-refractivity contribution in [3.63, 3.8) is 0 Å². The summed E-state index contributed by atoms with van der Waals surface area (Å²) in [7, 11) is 0. The molecule has 1 amide bonds. The van der Waals surface area contributed by atoms with Crippen LogP contribution in [0.4, 0.5) is 0 Å². The highest BCUT2D eigenvalue weighted by atomic mass is 35.5. The molecule has 6 heteroatoms. The third-order valence-electron chi connectivity index (χ3n) is 4.86. The molecule has 0 radical (unpaired) electrons. The Kier molecular flexibility index (Phi) is 6.26. The van der Waals surface area contributed by atoms with E-state index in [0.29, 0.717) is 18.5 Å². The first-order chi connectivity index (χ1) is 10.2. The van der Waals surface area contributed by atoms with E-state index in [2.05, 4.69) is 22.7 Å². The van der Waals surface area contributed by atoms with E-state index in [9.17, 15) is 4.79 Å². The van der Waals surface area contributed by atoms with Crippen molar-refractivity contribution in [1.29, 1.82) is 0 Å². The Hall–Kier alpha value is -1.07. The summed E-state index contributed by atoms with van der Waals surface area (Å²) in [5.41, 5.74) is 0. The molecule has 0 bridgehead atoms. The summed E-state index contributed by atoms with van der Waals surface area (Å²) in [4.78, 5) is 12.3. The highest BCUT2D eigenvalue weighted by Crippen LogP contribution is 2.33. The smallest absolute Gasteiger partial charge is 0.237 e. The Balaban J connectivity index is 0.00000176. The van der Waals surface area contributed by atoms with Gasteiger partial charge in [-0.3, -0.25) is 9.48 Å². The van der Waals surface area contributed by atoms with Crippen molar-refractivity contribution in [1.82, 2.24) is 20.4 Å².